The first-order valence-corrected chi connectivity index (χ1v) is 7.98. The van der Waals surface area contributed by atoms with Crippen molar-refractivity contribution < 1.29 is 9.90 Å². The Morgan fingerprint density at radius 3 is 2.52 bits per heavy atom. The Kier molecular flexibility index (Phi) is 4.97. The van der Waals surface area contributed by atoms with E-state index in [1.807, 2.05) is 0 Å². The Balaban J connectivity index is 1.80. The SMILES string of the molecule is Nc1ccccc1NC(=O)c1ccc(-c2ncc(CO)cc2Cl)cc1. The average molecular weight is 354 g/mol. The van der Waals surface area contributed by atoms with Crippen molar-refractivity contribution >= 4 is 28.9 Å². The number of aromatic nitrogens is 1. The van der Waals surface area contributed by atoms with Gasteiger partial charge in [0.25, 0.3) is 5.91 Å². The van der Waals surface area contributed by atoms with Crippen molar-refractivity contribution in [2.24, 2.45) is 0 Å². The van der Waals surface area contributed by atoms with Crippen LogP contribution in [0.4, 0.5) is 11.4 Å². The number of nitrogen functional groups attached to an aromatic ring is 1. The lowest BCUT2D eigenvalue weighted by Crippen LogP contribution is -2.13. The zero-order valence-electron chi connectivity index (χ0n) is 13.2. The van der Waals surface area contributed by atoms with Crippen LogP contribution in [-0.2, 0) is 6.61 Å². The van der Waals surface area contributed by atoms with Gasteiger partial charge in [-0.25, -0.2) is 0 Å². The first-order valence-electron chi connectivity index (χ1n) is 7.60. The molecule has 1 aromatic heterocycles. The average Bonchev–Trinajstić information content (AvgIpc) is 2.63. The standard InChI is InChI=1S/C19H16ClN3O2/c20-15-9-12(11-24)10-22-18(15)13-5-7-14(8-6-13)19(25)23-17-4-2-1-3-16(17)21/h1-10,24H,11,21H2,(H,23,25). The van der Waals surface area contributed by atoms with E-state index >= 15 is 0 Å². The highest BCUT2D eigenvalue weighted by atomic mass is 35.5. The molecule has 0 fully saturated rings. The largest absolute Gasteiger partial charge is 0.397 e. The third kappa shape index (κ3) is 3.79. The zero-order valence-corrected chi connectivity index (χ0v) is 14.0. The Morgan fingerprint density at radius 1 is 1.16 bits per heavy atom. The minimum Gasteiger partial charge on any atom is -0.397 e. The van der Waals surface area contributed by atoms with Gasteiger partial charge in [0.15, 0.2) is 0 Å². The number of aliphatic hydroxyl groups is 1. The molecule has 1 amide bonds. The van der Waals surface area contributed by atoms with Crippen molar-refractivity contribution in [2.45, 2.75) is 6.61 Å². The van der Waals surface area contributed by atoms with Crippen molar-refractivity contribution in [3.05, 3.63) is 76.9 Å². The third-order valence-electron chi connectivity index (χ3n) is 3.71. The molecule has 1 heterocycles. The van der Waals surface area contributed by atoms with Crippen LogP contribution >= 0.6 is 11.6 Å². The van der Waals surface area contributed by atoms with E-state index in [1.165, 1.54) is 0 Å². The second-order valence-electron chi connectivity index (χ2n) is 5.45. The quantitative estimate of drug-likeness (QED) is 0.623. The van der Waals surface area contributed by atoms with Gasteiger partial charge < -0.3 is 16.2 Å². The predicted molar refractivity (Wildman–Crippen MR) is 99.4 cm³/mol. The van der Waals surface area contributed by atoms with Gasteiger partial charge in [-0.15, -0.1) is 0 Å². The molecule has 0 saturated carbocycles. The van der Waals surface area contributed by atoms with Crippen molar-refractivity contribution in [1.29, 1.82) is 0 Å². The van der Waals surface area contributed by atoms with Crippen molar-refractivity contribution in [2.75, 3.05) is 11.1 Å². The maximum atomic E-state index is 12.3. The van der Waals surface area contributed by atoms with Gasteiger partial charge >= 0.3 is 0 Å². The monoisotopic (exact) mass is 353 g/mol. The summed E-state index contributed by atoms with van der Waals surface area (Å²) in [5.41, 5.74) is 9.43. The number of carbonyl (C=O) groups excluding carboxylic acids is 1. The number of anilines is 2. The number of amides is 1. The van der Waals surface area contributed by atoms with Crippen LogP contribution in [0.25, 0.3) is 11.3 Å². The molecule has 4 N–H and O–H groups in total. The topological polar surface area (TPSA) is 88.2 Å². The lowest BCUT2D eigenvalue weighted by Gasteiger charge is -2.09. The molecule has 0 atom stereocenters. The molecule has 3 aromatic rings. The zero-order chi connectivity index (χ0) is 17.8. The van der Waals surface area contributed by atoms with Gasteiger partial charge in [0.1, 0.15) is 0 Å². The Labute approximate surface area is 150 Å². The smallest absolute Gasteiger partial charge is 0.255 e. The van der Waals surface area contributed by atoms with Crippen LogP contribution in [-0.4, -0.2) is 16.0 Å². The maximum Gasteiger partial charge on any atom is 0.255 e. The Morgan fingerprint density at radius 2 is 1.88 bits per heavy atom. The molecule has 6 heteroatoms. The number of nitrogens with zero attached hydrogens (tertiary/aromatic N) is 1. The number of nitrogens with two attached hydrogens (primary N) is 1. The van der Waals surface area contributed by atoms with E-state index in [9.17, 15) is 4.79 Å². The second-order valence-corrected chi connectivity index (χ2v) is 5.86. The van der Waals surface area contributed by atoms with Crippen molar-refractivity contribution in [3.8, 4) is 11.3 Å². The van der Waals surface area contributed by atoms with Gasteiger partial charge in [-0.2, -0.15) is 0 Å². The molecule has 0 aliphatic rings. The molecule has 126 valence electrons. The summed E-state index contributed by atoms with van der Waals surface area (Å²) in [6, 6.07) is 15.7. The molecule has 5 nitrogen and oxygen atoms in total. The van der Waals surface area contributed by atoms with E-state index < -0.39 is 0 Å². The fraction of sp³-hybridized carbons (Fsp3) is 0.0526. The van der Waals surface area contributed by atoms with Crippen LogP contribution < -0.4 is 11.1 Å². The molecular weight excluding hydrogens is 338 g/mol. The number of nitrogens with one attached hydrogen (secondary N) is 1. The van der Waals surface area contributed by atoms with E-state index in [4.69, 9.17) is 22.4 Å². The molecule has 3 rings (SSSR count). The van der Waals surface area contributed by atoms with E-state index in [0.29, 0.717) is 33.2 Å². The minimum atomic E-state index is -0.251. The number of hydrogen-bond donors (Lipinski definition) is 3. The number of hydrogen-bond acceptors (Lipinski definition) is 4. The van der Waals surface area contributed by atoms with Gasteiger partial charge in [-0.1, -0.05) is 35.9 Å². The summed E-state index contributed by atoms with van der Waals surface area (Å²) >= 11 is 6.20. The number of carbonyl (C=O) groups is 1. The highest BCUT2D eigenvalue weighted by Gasteiger charge is 2.10. The van der Waals surface area contributed by atoms with Gasteiger partial charge in [-0.05, 0) is 35.9 Å². The molecule has 0 unspecified atom stereocenters. The molecule has 0 aliphatic heterocycles. The summed E-state index contributed by atoms with van der Waals surface area (Å²) in [7, 11) is 0. The number of aliphatic hydroxyl groups excluding tert-OH is 1. The first kappa shape index (κ1) is 17.0. The fourth-order valence-corrected chi connectivity index (χ4v) is 2.66. The molecule has 0 saturated heterocycles. The summed E-state index contributed by atoms with van der Waals surface area (Å²) in [6.45, 7) is -0.116. The summed E-state index contributed by atoms with van der Waals surface area (Å²) in [5.74, 6) is -0.251. The molecule has 0 spiro atoms. The molecule has 2 aromatic carbocycles. The molecule has 0 aliphatic carbocycles. The van der Waals surface area contributed by atoms with E-state index in [2.05, 4.69) is 10.3 Å². The fourth-order valence-electron chi connectivity index (χ4n) is 2.36. The molecule has 0 bridgehead atoms. The number of rotatable bonds is 4. The van der Waals surface area contributed by atoms with Gasteiger partial charge in [0, 0.05) is 17.3 Å². The van der Waals surface area contributed by atoms with Crippen LogP contribution in [0, 0.1) is 0 Å². The Hall–Kier alpha value is -2.89. The van der Waals surface area contributed by atoms with Gasteiger partial charge in [0.05, 0.1) is 28.7 Å². The van der Waals surface area contributed by atoms with Crippen molar-refractivity contribution in [1.82, 2.24) is 4.98 Å². The van der Waals surface area contributed by atoms with E-state index in [-0.39, 0.29) is 12.5 Å². The number of pyridine rings is 1. The summed E-state index contributed by atoms with van der Waals surface area (Å²) in [5, 5.41) is 12.3. The Bertz CT molecular complexity index is 911. The third-order valence-corrected chi connectivity index (χ3v) is 4.00. The molecular formula is C19H16ClN3O2. The van der Waals surface area contributed by atoms with Crippen molar-refractivity contribution in [3.63, 3.8) is 0 Å². The number of benzene rings is 2. The van der Waals surface area contributed by atoms with Crippen LogP contribution in [0.2, 0.25) is 5.02 Å². The number of para-hydroxylation sites is 2. The van der Waals surface area contributed by atoms with E-state index in [0.717, 1.165) is 5.56 Å². The van der Waals surface area contributed by atoms with Crippen LogP contribution in [0.15, 0.2) is 60.8 Å². The number of halogens is 1. The summed E-state index contributed by atoms with van der Waals surface area (Å²) in [4.78, 5) is 16.6. The normalized spacial score (nSPS) is 10.5. The van der Waals surface area contributed by atoms with Gasteiger partial charge in [0.2, 0.25) is 0 Å². The van der Waals surface area contributed by atoms with E-state index in [1.54, 1.807) is 60.8 Å². The second kappa shape index (κ2) is 7.34. The van der Waals surface area contributed by atoms with Crippen LogP contribution in [0.1, 0.15) is 15.9 Å². The summed E-state index contributed by atoms with van der Waals surface area (Å²) < 4.78 is 0. The predicted octanol–water partition coefficient (Wildman–Crippen LogP) is 3.73. The minimum absolute atomic E-state index is 0.116. The molecule has 25 heavy (non-hydrogen) atoms. The first-order chi connectivity index (χ1) is 12.1. The molecule has 0 radical (unpaired) electrons. The highest BCUT2D eigenvalue weighted by molar-refractivity contribution is 6.33. The van der Waals surface area contributed by atoms with Crippen LogP contribution in [0.3, 0.4) is 0 Å². The van der Waals surface area contributed by atoms with Crippen LogP contribution in [0.5, 0.6) is 0 Å². The summed E-state index contributed by atoms with van der Waals surface area (Å²) in [6.07, 6.45) is 1.57. The lowest BCUT2D eigenvalue weighted by atomic mass is 10.1. The highest BCUT2D eigenvalue weighted by Crippen LogP contribution is 2.27. The van der Waals surface area contributed by atoms with Gasteiger partial charge in [-0.3, -0.25) is 9.78 Å². The maximum absolute atomic E-state index is 12.3. The lowest BCUT2D eigenvalue weighted by molar-refractivity contribution is 0.102.